The summed E-state index contributed by atoms with van der Waals surface area (Å²) in [5, 5.41) is 13.3. The van der Waals surface area contributed by atoms with Gasteiger partial charge in [0.15, 0.2) is 0 Å². The van der Waals surface area contributed by atoms with Gasteiger partial charge in [0.1, 0.15) is 6.04 Å². The van der Waals surface area contributed by atoms with E-state index in [4.69, 9.17) is 9.47 Å². The molecule has 37 heavy (non-hydrogen) atoms. The summed E-state index contributed by atoms with van der Waals surface area (Å²) >= 11 is 1.61. The highest BCUT2D eigenvalue weighted by Gasteiger charge is 2.24. The molecule has 0 aliphatic heterocycles. The number of aliphatic hydroxyl groups is 1. The van der Waals surface area contributed by atoms with Gasteiger partial charge >= 0.3 is 5.97 Å². The van der Waals surface area contributed by atoms with Crippen LogP contribution in [0.4, 0.5) is 0 Å². The molecule has 0 bridgehead atoms. The Labute approximate surface area is 225 Å². The molecule has 3 rings (SSSR count). The van der Waals surface area contributed by atoms with E-state index < -0.39 is 18.1 Å². The molecule has 2 N–H and O–H groups in total. The molecule has 1 fully saturated rings. The van der Waals surface area contributed by atoms with Crippen LogP contribution in [0.5, 0.6) is 0 Å². The van der Waals surface area contributed by atoms with Crippen LogP contribution >= 0.6 is 11.8 Å². The predicted octanol–water partition coefficient (Wildman–Crippen LogP) is 5.53. The number of aliphatic hydroxyl groups excluding tert-OH is 1. The smallest absolute Gasteiger partial charge is 0.328 e. The molecule has 0 heterocycles. The van der Waals surface area contributed by atoms with Crippen LogP contribution in [0.15, 0.2) is 42.5 Å². The fourth-order valence-corrected chi connectivity index (χ4v) is 5.50. The Morgan fingerprint density at radius 1 is 1.11 bits per heavy atom. The molecule has 0 spiro atoms. The minimum Gasteiger partial charge on any atom is -0.467 e. The summed E-state index contributed by atoms with van der Waals surface area (Å²) in [6.45, 7) is 2.66. The number of thioether (sulfide) groups is 1. The summed E-state index contributed by atoms with van der Waals surface area (Å²) in [5.74, 6) is 0.567. The molecular formula is C30H41NO5S. The third kappa shape index (κ3) is 8.87. The Balaban J connectivity index is 1.74. The number of methoxy groups -OCH3 is 1. The van der Waals surface area contributed by atoms with Crippen molar-refractivity contribution in [2.24, 2.45) is 5.92 Å². The van der Waals surface area contributed by atoms with Gasteiger partial charge in [0, 0.05) is 5.56 Å². The molecular weight excluding hydrogens is 486 g/mol. The fourth-order valence-electron chi connectivity index (χ4n) is 5.03. The zero-order chi connectivity index (χ0) is 26.6. The van der Waals surface area contributed by atoms with E-state index in [9.17, 15) is 14.7 Å². The Kier molecular flexibility index (Phi) is 12.0. The Morgan fingerprint density at radius 2 is 1.86 bits per heavy atom. The van der Waals surface area contributed by atoms with Crippen LogP contribution in [0.1, 0.15) is 66.4 Å². The molecule has 0 aromatic heterocycles. The summed E-state index contributed by atoms with van der Waals surface area (Å²) in [5.41, 5.74) is 4.20. The lowest BCUT2D eigenvalue weighted by molar-refractivity contribution is -0.142. The standard InChI is InChI=1S/C30H41NO5S/c1-21-9-7-8-12-25(21)27-18-23(19-36-20-24(32)17-22-10-5-4-6-11-22)13-14-26(27)29(33)31-28(15-16-37-3)30(34)35-2/h7-9,12-14,18,22,24,28,32H,4-6,10-11,15-17,19-20H2,1-3H3,(H,31,33)/t24?,28-/m0/s1. The molecule has 0 radical (unpaired) electrons. The van der Waals surface area contributed by atoms with E-state index in [1.165, 1.54) is 39.2 Å². The van der Waals surface area contributed by atoms with Crippen molar-refractivity contribution in [1.82, 2.24) is 5.32 Å². The topological polar surface area (TPSA) is 84.9 Å². The van der Waals surface area contributed by atoms with E-state index in [0.717, 1.165) is 34.4 Å². The molecule has 2 aromatic carbocycles. The molecule has 1 unspecified atom stereocenters. The highest BCUT2D eigenvalue weighted by Crippen LogP contribution is 2.29. The van der Waals surface area contributed by atoms with Crippen molar-refractivity contribution in [3.05, 3.63) is 59.2 Å². The van der Waals surface area contributed by atoms with Crippen LogP contribution in [0.2, 0.25) is 0 Å². The fraction of sp³-hybridized carbons (Fsp3) is 0.533. The van der Waals surface area contributed by atoms with Gasteiger partial charge in [0.2, 0.25) is 0 Å². The maximum Gasteiger partial charge on any atom is 0.328 e. The quantitative estimate of drug-likeness (QED) is 0.333. The lowest BCUT2D eigenvalue weighted by atomic mass is 9.85. The van der Waals surface area contributed by atoms with E-state index in [-0.39, 0.29) is 5.91 Å². The zero-order valence-electron chi connectivity index (χ0n) is 22.3. The Bertz CT molecular complexity index is 1020. The van der Waals surface area contributed by atoms with Crippen LogP contribution in [0, 0.1) is 12.8 Å². The average Bonchev–Trinajstić information content (AvgIpc) is 2.91. The SMILES string of the molecule is COC(=O)[C@H](CCSC)NC(=O)c1ccc(COCC(O)CC2CCCCC2)cc1-c1ccccc1C. The van der Waals surface area contributed by atoms with Crippen molar-refractivity contribution < 1.29 is 24.2 Å². The molecule has 1 amide bonds. The van der Waals surface area contributed by atoms with Gasteiger partial charge in [-0.25, -0.2) is 4.79 Å². The number of benzene rings is 2. The third-order valence-electron chi connectivity index (χ3n) is 7.07. The summed E-state index contributed by atoms with van der Waals surface area (Å²) in [6, 6.07) is 12.8. The molecule has 7 heteroatoms. The van der Waals surface area contributed by atoms with Gasteiger partial charge in [0.25, 0.3) is 5.91 Å². The van der Waals surface area contributed by atoms with Gasteiger partial charge in [-0.2, -0.15) is 11.8 Å². The first kappa shape index (κ1) is 29.2. The number of amides is 1. The number of hydrogen-bond donors (Lipinski definition) is 2. The van der Waals surface area contributed by atoms with Crippen molar-refractivity contribution in [2.75, 3.05) is 25.7 Å². The maximum atomic E-state index is 13.4. The van der Waals surface area contributed by atoms with E-state index in [1.807, 2.05) is 49.6 Å². The Hall–Kier alpha value is -2.35. The monoisotopic (exact) mass is 527 g/mol. The summed E-state index contributed by atoms with van der Waals surface area (Å²) in [4.78, 5) is 25.6. The van der Waals surface area contributed by atoms with Gasteiger partial charge in [-0.3, -0.25) is 4.79 Å². The normalized spacial score (nSPS) is 15.7. The number of carbonyl (C=O) groups excluding carboxylic acids is 2. The van der Waals surface area contributed by atoms with Crippen LogP contribution in [-0.2, 0) is 20.9 Å². The second-order valence-corrected chi connectivity index (χ2v) is 10.9. The lowest BCUT2D eigenvalue weighted by Crippen LogP contribution is -2.42. The van der Waals surface area contributed by atoms with Crippen LogP contribution in [0.25, 0.3) is 11.1 Å². The van der Waals surface area contributed by atoms with E-state index >= 15 is 0 Å². The van der Waals surface area contributed by atoms with Gasteiger partial charge in [-0.15, -0.1) is 0 Å². The van der Waals surface area contributed by atoms with Crippen molar-refractivity contribution >= 4 is 23.6 Å². The second kappa shape index (κ2) is 15.2. The highest BCUT2D eigenvalue weighted by molar-refractivity contribution is 7.98. The number of carbonyl (C=O) groups is 2. The van der Waals surface area contributed by atoms with Crippen LogP contribution < -0.4 is 5.32 Å². The lowest BCUT2D eigenvalue weighted by Gasteiger charge is -2.24. The molecule has 0 saturated heterocycles. The van der Waals surface area contributed by atoms with Gasteiger partial charge in [-0.05, 0) is 72.1 Å². The minimum absolute atomic E-state index is 0.300. The van der Waals surface area contributed by atoms with E-state index in [0.29, 0.717) is 31.1 Å². The number of nitrogens with one attached hydrogen (secondary N) is 1. The molecule has 1 aliphatic rings. The van der Waals surface area contributed by atoms with Crippen LogP contribution in [0.3, 0.4) is 0 Å². The number of aryl methyl sites for hydroxylation is 1. The summed E-state index contributed by atoms with van der Waals surface area (Å²) in [7, 11) is 1.33. The average molecular weight is 528 g/mol. The maximum absolute atomic E-state index is 13.4. The highest BCUT2D eigenvalue weighted by atomic mass is 32.2. The predicted molar refractivity (Wildman–Crippen MR) is 150 cm³/mol. The third-order valence-corrected chi connectivity index (χ3v) is 7.72. The second-order valence-electron chi connectivity index (χ2n) is 9.93. The largest absolute Gasteiger partial charge is 0.467 e. The number of esters is 1. The number of hydrogen-bond acceptors (Lipinski definition) is 6. The van der Waals surface area contributed by atoms with E-state index in [1.54, 1.807) is 17.8 Å². The van der Waals surface area contributed by atoms with Gasteiger partial charge in [0.05, 0.1) is 26.4 Å². The van der Waals surface area contributed by atoms with Crippen molar-refractivity contribution in [1.29, 1.82) is 0 Å². The van der Waals surface area contributed by atoms with Crippen molar-refractivity contribution in [3.63, 3.8) is 0 Å². The molecule has 202 valence electrons. The van der Waals surface area contributed by atoms with Crippen LogP contribution in [-0.4, -0.2) is 54.9 Å². The van der Waals surface area contributed by atoms with Gasteiger partial charge < -0.3 is 19.9 Å². The minimum atomic E-state index is -0.705. The number of ether oxygens (including phenoxy) is 2. The first-order valence-electron chi connectivity index (χ1n) is 13.2. The van der Waals surface area contributed by atoms with Crippen molar-refractivity contribution in [2.45, 2.75) is 70.6 Å². The van der Waals surface area contributed by atoms with E-state index in [2.05, 4.69) is 5.32 Å². The molecule has 6 nitrogen and oxygen atoms in total. The summed E-state index contributed by atoms with van der Waals surface area (Å²) < 4.78 is 10.8. The first-order chi connectivity index (χ1) is 17.9. The number of rotatable bonds is 13. The Morgan fingerprint density at radius 3 is 2.57 bits per heavy atom. The molecule has 1 aliphatic carbocycles. The molecule has 2 atom stereocenters. The van der Waals surface area contributed by atoms with Gasteiger partial charge in [-0.1, -0.05) is 62.4 Å². The first-order valence-corrected chi connectivity index (χ1v) is 14.6. The van der Waals surface area contributed by atoms with Crippen molar-refractivity contribution in [3.8, 4) is 11.1 Å². The molecule has 1 saturated carbocycles. The molecule has 2 aromatic rings. The zero-order valence-corrected chi connectivity index (χ0v) is 23.1. The summed E-state index contributed by atoms with van der Waals surface area (Å²) in [6.07, 6.45) is 9.03.